The molecule has 0 saturated carbocycles. The molecule has 122 valence electrons. The van der Waals surface area contributed by atoms with Crippen LogP contribution in [0.4, 0.5) is 0 Å². The Labute approximate surface area is 143 Å². The molecular weight excluding hydrogens is 336 g/mol. The number of halogens is 1. The first kappa shape index (κ1) is 17.4. The highest BCUT2D eigenvalue weighted by Gasteiger charge is 2.19. The van der Waals surface area contributed by atoms with Crippen LogP contribution in [0.25, 0.3) is 10.9 Å². The van der Waals surface area contributed by atoms with Gasteiger partial charge < -0.3 is 14.6 Å². The van der Waals surface area contributed by atoms with E-state index >= 15 is 0 Å². The normalized spacial score (nSPS) is 12.0. The van der Waals surface area contributed by atoms with Crippen LogP contribution in [0.15, 0.2) is 24.3 Å². The Bertz CT molecular complexity index is 787. The summed E-state index contributed by atoms with van der Waals surface area (Å²) in [6.07, 6.45) is 1.68. The molecule has 8 heteroatoms. The first-order valence-corrected chi connectivity index (χ1v) is 8.38. The molecule has 0 spiro atoms. The Balaban J connectivity index is 2.16. The average Bonchev–Trinajstić information content (AvgIpc) is 2.83. The molecule has 0 aliphatic heterocycles. The number of rotatable bonds is 3. The van der Waals surface area contributed by atoms with Crippen LogP contribution in [0.3, 0.4) is 0 Å². The monoisotopic (exact) mass is 352 g/mol. The van der Waals surface area contributed by atoms with Crippen molar-refractivity contribution >= 4 is 51.3 Å². The standard InChI is InChI=1S/C15H17ClN4O2S/c1-8(13(17)22-15(18)23-3)19-14(21)12-6-9-4-5-10(16)7-11(9)20(12)2/h4-8,17-18H,1-3H3,(H,19,21). The van der Waals surface area contributed by atoms with Crippen molar-refractivity contribution in [3.8, 4) is 0 Å². The van der Waals surface area contributed by atoms with Crippen molar-refractivity contribution in [2.75, 3.05) is 6.26 Å². The number of benzene rings is 1. The fraction of sp³-hybridized carbons (Fsp3) is 0.267. The van der Waals surface area contributed by atoms with Crippen molar-refractivity contribution in [3.63, 3.8) is 0 Å². The Kier molecular flexibility index (Phi) is 5.33. The zero-order valence-corrected chi connectivity index (χ0v) is 14.5. The number of hydrogen-bond donors (Lipinski definition) is 3. The number of carbonyl (C=O) groups is 1. The Morgan fingerprint density at radius 3 is 2.74 bits per heavy atom. The van der Waals surface area contributed by atoms with Gasteiger partial charge in [0.15, 0.2) is 0 Å². The first-order chi connectivity index (χ1) is 10.8. The minimum Gasteiger partial charge on any atom is -0.418 e. The molecule has 23 heavy (non-hydrogen) atoms. The van der Waals surface area contributed by atoms with E-state index in [0.29, 0.717) is 10.7 Å². The summed E-state index contributed by atoms with van der Waals surface area (Å²) in [6, 6.07) is 6.54. The van der Waals surface area contributed by atoms with Crippen molar-refractivity contribution in [1.82, 2.24) is 9.88 Å². The van der Waals surface area contributed by atoms with Crippen LogP contribution in [-0.2, 0) is 11.8 Å². The van der Waals surface area contributed by atoms with Crippen LogP contribution in [0, 0.1) is 10.8 Å². The maximum Gasteiger partial charge on any atom is 0.268 e. The number of thioether (sulfide) groups is 1. The third-order valence-electron chi connectivity index (χ3n) is 3.37. The van der Waals surface area contributed by atoms with Gasteiger partial charge in [0.25, 0.3) is 5.91 Å². The highest BCUT2D eigenvalue weighted by Crippen LogP contribution is 2.22. The summed E-state index contributed by atoms with van der Waals surface area (Å²) in [5.74, 6) is -0.504. The van der Waals surface area contributed by atoms with E-state index < -0.39 is 6.04 Å². The van der Waals surface area contributed by atoms with E-state index in [1.807, 2.05) is 6.07 Å². The van der Waals surface area contributed by atoms with Gasteiger partial charge in [-0.1, -0.05) is 29.4 Å². The minimum absolute atomic E-state index is 0.0876. The van der Waals surface area contributed by atoms with Gasteiger partial charge in [0.05, 0.1) is 0 Å². The molecule has 0 aliphatic carbocycles. The second-order valence-electron chi connectivity index (χ2n) is 4.94. The van der Waals surface area contributed by atoms with Gasteiger partial charge in [-0.25, -0.2) is 0 Å². The molecule has 1 amide bonds. The molecule has 1 heterocycles. The van der Waals surface area contributed by atoms with Crippen molar-refractivity contribution in [1.29, 1.82) is 10.8 Å². The lowest BCUT2D eigenvalue weighted by molar-refractivity contribution is 0.0939. The van der Waals surface area contributed by atoms with Crippen LogP contribution in [0.1, 0.15) is 17.4 Å². The van der Waals surface area contributed by atoms with Crippen molar-refractivity contribution < 1.29 is 9.53 Å². The van der Waals surface area contributed by atoms with Gasteiger partial charge in [0.1, 0.15) is 11.7 Å². The number of ether oxygens (including phenoxy) is 1. The molecule has 2 aromatic rings. The molecule has 0 radical (unpaired) electrons. The smallest absolute Gasteiger partial charge is 0.268 e. The quantitative estimate of drug-likeness (QED) is 0.585. The number of carbonyl (C=O) groups excluding carboxylic acids is 1. The highest BCUT2D eigenvalue weighted by atomic mass is 35.5. The summed E-state index contributed by atoms with van der Waals surface area (Å²) in [4.78, 5) is 12.4. The lowest BCUT2D eigenvalue weighted by Crippen LogP contribution is -2.40. The van der Waals surface area contributed by atoms with Gasteiger partial charge in [-0.3, -0.25) is 15.6 Å². The largest absolute Gasteiger partial charge is 0.418 e. The van der Waals surface area contributed by atoms with Crippen LogP contribution < -0.4 is 5.32 Å². The first-order valence-electron chi connectivity index (χ1n) is 6.78. The Morgan fingerprint density at radius 1 is 1.39 bits per heavy atom. The molecule has 0 aliphatic rings. The zero-order chi connectivity index (χ0) is 17.1. The second kappa shape index (κ2) is 7.06. The van der Waals surface area contributed by atoms with Crippen LogP contribution in [-0.4, -0.2) is 33.9 Å². The number of nitrogens with zero attached hydrogens (tertiary/aromatic N) is 1. The second-order valence-corrected chi connectivity index (χ2v) is 6.16. The molecule has 1 atom stereocenters. The molecule has 6 nitrogen and oxygen atoms in total. The maximum absolute atomic E-state index is 12.4. The lowest BCUT2D eigenvalue weighted by atomic mass is 10.2. The number of aryl methyl sites for hydroxylation is 1. The summed E-state index contributed by atoms with van der Waals surface area (Å²) in [6.45, 7) is 1.63. The SMILES string of the molecule is CSC(=N)OC(=N)C(C)NC(=O)c1cc2ccc(Cl)cc2n1C. The van der Waals surface area contributed by atoms with Crippen LogP contribution in [0.5, 0.6) is 0 Å². The van der Waals surface area contributed by atoms with Crippen molar-refractivity contribution in [2.24, 2.45) is 7.05 Å². The fourth-order valence-electron chi connectivity index (χ4n) is 2.09. The molecule has 2 rings (SSSR count). The van der Waals surface area contributed by atoms with Gasteiger partial charge in [-0.15, -0.1) is 0 Å². The van der Waals surface area contributed by atoms with E-state index in [1.54, 1.807) is 43.0 Å². The summed E-state index contributed by atoms with van der Waals surface area (Å²) in [7, 11) is 1.78. The number of fused-ring (bicyclic) bond motifs is 1. The van der Waals surface area contributed by atoms with Crippen molar-refractivity contribution in [3.05, 3.63) is 35.0 Å². The average molecular weight is 353 g/mol. The number of nitrogens with one attached hydrogen (secondary N) is 3. The molecule has 0 fully saturated rings. The number of amides is 1. The summed E-state index contributed by atoms with van der Waals surface area (Å²) in [5.41, 5.74) is 1.31. The summed E-state index contributed by atoms with van der Waals surface area (Å²) < 4.78 is 6.74. The molecule has 1 unspecified atom stereocenters. The fourth-order valence-corrected chi connectivity index (χ4v) is 2.43. The third-order valence-corrected chi connectivity index (χ3v) is 4.06. The van der Waals surface area contributed by atoms with E-state index in [4.69, 9.17) is 27.2 Å². The topological polar surface area (TPSA) is 91.0 Å². The molecule has 3 N–H and O–H groups in total. The van der Waals surface area contributed by atoms with Crippen molar-refractivity contribution in [2.45, 2.75) is 13.0 Å². The Morgan fingerprint density at radius 2 is 2.09 bits per heavy atom. The van der Waals surface area contributed by atoms with E-state index in [0.717, 1.165) is 22.7 Å². The maximum atomic E-state index is 12.4. The number of aromatic nitrogens is 1. The van der Waals surface area contributed by atoms with E-state index in [-0.39, 0.29) is 17.0 Å². The van der Waals surface area contributed by atoms with E-state index in [1.165, 1.54) is 0 Å². The van der Waals surface area contributed by atoms with Gasteiger partial charge in [0.2, 0.25) is 11.1 Å². The predicted molar refractivity (Wildman–Crippen MR) is 94.9 cm³/mol. The summed E-state index contributed by atoms with van der Waals surface area (Å²) >= 11 is 7.07. The molecule has 0 saturated heterocycles. The zero-order valence-electron chi connectivity index (χ0n) is 12.9. The summed E-state index contributed by atoms with van der Waals surface area (Å²) in [5, 5.41) is 19.3. The lowest BCUT2D eigenvalue weighted by Gasteiger charge is -2.15. The predicted octanol–water partition coefficient (Wildman–Crippen LogP) is 3.24. The van der Waals surface area contributed by atoms with Crippen LogP contribution in [0.2, 0.25) is 5.02 Å². The van der Waals surface area contributed by atoms with E-state index in [9.17, 15) is 4.79 Å². The Hall–Kier alpha value is -1.99. The molecule has 1 aromatic carbocycles. The number of hydrogen-bond acceptors (Lipinski definition) is 5. The molecule has 1 aromatic heterocycles. The van der Waals surface area contributed by atoms with Gasteiger partial charge >= 0.3 is 0 Å². The molecule has 0 bridgehead atoms. The third kappa shape index (κ3) is 3.86. The van der Waals surface area contributed by atoms with Gasteiger partial charge in [-0.2, -0.15) is 0 Å². The van der Waals surface area contributed by atoms with E-state index in [2.05, 4.69) is 5.32 Å². The van der Waals surface area contributed by atoms with Gasteiger partial charge in [0, 0.05) is 23.0 Å². The highest BCUT2D eigenvalue weighted by molar-refractivity contribution is 8.12. The van der Waals surface area contributed by atoms with Crippen LogP contribution >= 0.6 is 23.4 Å². The molecular formula is C15H17ClN4O2S. The minimum atomic E-state index is -0.642. The van der Waals surface area contributed by atoms with Gasteiger partial charge in [-0.05, 0) is 31.4 Å².